The molecule has 32 heavy (non-hydrogen) atoms. The number of fused-ring (bicyclic) bond motifs is 3. The minimum Gasteiger partial charge on any atom is -0.426 e. The zero-order valence-corrected chi connectivity index (χ0v) is 21.9. The van der Waals surface area contributed by atoms with Gasteiger partial charge in [-0.25, -0.2) is 0 Å². The molecular formula is C28H43O3P. The third kappa shape index (κ3) is 5.66. The molecule has 178 valence electrons. The smallest absolute Gasteiger partial charge is 0.395 e. The van der Waals surface area contributed by atoms with Gasteiger partial charge in [-0.2, -0.15) is 0 Å². The maximum Gasteiger partial charge on any atom is 0.395 e. The van der Waals surface area contributed by atoms with Gasteiger partial charge in [0.05, 0.1) is 6.10 Å². The first-order valence-corrected chi connectivity index (χ1v) is 14.0. The van der Waals surface area contributed by atoms with Crippen molar-refractivity contribution >= 4 is 14.2 Å². The van der Waals surface area contributed by atoms with Gasteiger partial charge in [-0.3, -0.25) is 4.52 Å². The van der Waals surface area contributed by atoms with Crippen LogP contribution in [0.15, 0.2) is 29.9 Å². The molecule has 5 unspecified atom stereocenters. The Labute approximate surface area is 197 Å². The molecule has 2 aliphatic rings. The SMILES string of the molecule is CCCCc1cc(C(C)CC)cc2c1OP(O)OC1C2=CC(C(C)CC)=CC1CCCC. The lowest BCUT2D eigenvalue weighted by Gasteiger charge is -2.32. The Hall–Kier alpha value is -1.15. The summed E-state index contributed by atoms with van der Waals surface area (Å²) in [7, 11) is -1.95. The predicted molar refractivity (Wildman–Crippen MR) is 137 cm³/mol. The van der Waals surface area contributed by atoms with Gasteiger partial charge >= 0.3 is 8.60 Å². The standard InChI is InChI=1S/C28H43O3P/c1-7-11-13-21-15-23(19(5)9-3)17-25-26-18-24(20(6)10-4)16-22(14-12-8-2)28(26)31-32(29)30-27(21)25/h15-21,27,29H,7-14H2,1-6H3. The Bertz CT molecular complexity index is 828. The summed E-state index contributed by atoms with van der Waals surface area (Å²) in [5, 5.41) is 0. The molecule has 3 nitrogen and oxygen atoms in total. The van der Waals surface area contributed by atoms with E-state index in [1.807, 2.05) is 0 Å². The first-order valence-electron chi connectivity index (χ1n) is 12.9. The molecule has 0 spiro atoms. The van der Waals surface area contributed by atoms with Gasteiger partial charge in [-0.1, -0.05) is 79.0 Å². The molecule has 1 heterocycles. The van der Waals surface area contributed by atoms with E-state index in [4.69, 9.17) is 9.05 Å². The fraction of sp³-hybridized carbons (Fsp3) is 0.643. The molecule has 1 aromatic rings. The van der Waals surface area contributed by atoms with Crippen molar-refractivity contribution in [3.8, 4) is 5.75 Å². The van der Waals surface area contributed by atoms with Gasteiger partial charge in [-0.05, 0) is 72.3 Å². The second kappa shape index (κ2) is 11.8. The number of unbranched alkanes of at least 4 members (excludes halogenated alkanes) is 2. The molecule has 1 aliphatic carbocycles. The summed E-state index contributed by atoms with van der Waals surface area (Å²) in [5.74, 6) is 2.13. The van der Waals surface area contributed by atoms with E-state index in [1.54, 1.807) is 0 Å². The molecule has 3 rings (SSSR count). The van der Waals surface area contributed by atoms with Crippen LogP contribution in [0, 0.1) is 11.8 Å². The molecule has 0 amide bonds. The summed E-state index contributed by atoms with van der Waals surface area (Å²) < 4.78 is 12.4. The fourth-order valence-electron chi connectivity index (χ4n) is 4.76. The highest BCUT2D eigenvalue weighted by molar-refractivity contribution is 7.41. The molecule has 4 heteroatoms. The summed E-state index contributed by atoms with van der Waals surface area (Å²) in [5.41, 5.74) is 6.35. The third-order valence-electron chi connectivity index (χ3n) is 7.35. The van der Waals surface area contributed by atoms with E-state index in [9.17, 15) is 4.89 Å². The molecule has 5 atom stereocenters. The van der Waals surface area contributed by atoms with E-state index < -0.39 is 8.60 Å². The zero-order valence-electron chi connectivity index (χ0n) is 21.0. The lowest BCUT2D eigenvalue weighted by atomic mass is 9.77. The molecule has 0 aromatic heterocycles. The van der Waals surface area contributed by atoms with Crippen molar-refractivity contribution in [1.29, 1.82) is 0 Å². The van der Waals surface area contributed by atoms with E-state index in [1.165, 1.54) is 22.3 Å². The van der Waals surface area contributed by atoms with Crippen molar-refractivity contribution < 1.29 is 13.9 Å². The lowest BCUT2D eigenvalue weighted by Crippen LogP contribution is -2.26. The largest absolute Gasteiger partial charge is 0.426 e. The highest BCUT2D eigenvalue weighted by Gasteiger charge is 2.38. The first kappa shape index (κ1) is 25.5. The Morgan fingerprint density at radius 1 is 1.00 bits per heavy atom. The maximum absolute atomic E-state index is 10.8. The number of rotatable bonds is 10. The van der Waals surface area contributed by atoms with E-state index in [0.29, 0.717) is 11.8 Å². The molecule has 0 saturated heterocycles. The second-order valence-electron chi connectivity index (χ2n) is 9.71. The average Bonchev–Trinajstić information content (AvgIpc) is 2.95. The second-order valence-corrected chi connectivity index (χ2v) is 10.6. The van der Waals surface area contributed by atoms with Crippen molar-refractivity contribution in [3.63, 3.8) is 0 Å². The van der Waals surface area contributed by atoms with Crippen LogP contribution in [0.1, 0.15) is 109 Å². The molecule has 0 bridgehead atoms. The van der Waals surface area contributed by atoms with Gasteiger partial charge in [0.25, 0.3) is 0 Å². The minimum atomic E-state index is -1.95. The van der Waals surface area contributed by atoms with Crippen LogP contribution in [0.4, 0.5) is 0 Å². The van der Waals surface area contributed by atoms with Gasteiger partial charge in [0, 0.05) is 11.5 Å². The first-order chi connectivity index (χ1) is 15.4. The van der Waals surface area contributed by atoms with Gasteiger partial charge < -0.3 is 9.42 Å². The Balaban J connectivity index is 2.19. The predicted octanol–water partition coefficient (Wildman–Crippen LogP) is 8.72. The third-order valence-corrected chi connectivity index (χ3v) is 8.10. The number of benzene rings is 1. The van der Waals surface area contributed by atoms with Crippen LogP contribution in [0.2, 0.25) is 0 Å². The van der Waals surface area contributed by atoms with Crippen LogP contribution in [0.25, 0.3) is 5.57 Å². The van der Waals surface area contributed by atoms with Gasteiger partial charge in [-0.15, -0.1) is 0 Å². The van der Waals surface area contributed by atoms with Crippen LogP contribution in [-0.2, 0) is 10.9 Å². The molecular weight excluding hydrogens is 415 g/mol. The molecule has 1 aromatic carbocycles. The Kier molecular flexibility index (Phi) is 9.41. The zero-order chi connectivity index (χ0) is 23.3. The van der Waals surface area contributed by atoms with Crippen LogP contribution in [0.5, 0.6) is 5.75 Å². The van der Waals surface area contributed by atoms with Crippen LogP contribution < -0.4 is 4.52 Å². The quantitative estimate of drug-likeness (QED) is 0.356. The van der Waals surface area contributed by atoms with Crippen LogP contribution >= 0.6 is 8.60 Å². The summed E-state index contributed by atoms with van der Waals surface area (Å²) in [6.07, 6.45) is 13.5. The minimum absolute atomic E-state index is 0.141. The maximum atomic E-state index is 10.8. The van der Waals surface area contributed by atoms with Crippen LogP contribution in [-0.4, -0.2) is 11.0 Å². The molecule has 0 saturated carbocycles. The highest BCUT2D eigenvalue weighted by Crippen LogP contribution is 2.53. The van der Waals surface area contributed by atoms with Crippen molar-refractivity contribution in [2.24, 2.45) is 11.8 Å². The number of aryl methyl sites for hydroxylation is 1. The van der Waals surface area contributed by atoms with Crippen molar-refractivity contribution in [2.45, 2.75) is 105 Å². The normalized spacial score (nSPS) is 24.4. The summed E-state index contributed by atoms with van der Waals surface area (Å²) >= 11 is 0. The fourth-order valence-corrected chi connectivity index (χ4v) is 5.64. The van der Waals surface area contributed by atoms with E-state index in [-0.39, 0.29) is 12.0 Å². The summed E-state index contributed by atoms with van der Waals surface area (Å²) in [6.45, 7) is 13.6. The van der Waals surface area contributed by atoms with Crippen molar-refractivity contribution in [3.05, 3.63) is 46.5 Å². The number of hydrogen-bond donors (Lipinski definition) is 1. The number of allylic oxidation sites excluding steroid dienone is 2. The van der Waals surface area contributed by atoms with Gasteiger partial charge in [0.15, 0.2) is 0 Å². The van der Waals surface area contributed by atoms with E-state index in [0.717, 1.165) is 62.7 Å². The molecule has 0 radical (unpaired) electrons. The summed E-state index contributed by atoms with van der Waals surface area (Å²) in [6, 6.07) is 4.64. The molecule has 1 aliphatic heterocycles. The molecule has 0 fully saturated rings. The van der Waals surface area contributed by atoms with Crippen molar-refractivity contribution in [2.75, 3.05) is 0 Å². The van der Waals surface area contributed by atoms with Gasteiger partial charge in [0.1, 0.15) is 5.75 Å². The monoisotopic (exact) mass is 458 g/mol. The topological polar surface area (TPSA) is 38.7 Å². The average molecular weight is 459 g/mol. The van der Waals surface area contributed by atoms with E-state index in [2.05, 4.69) is 65.8 Å². The van der Waals surface area contributed by atoms with Gasteiger partial charge in [0.2, 0.25) is 0 Å². The Morgan fingerprint density at radius 3 is 2.38 bits per heavy atom. The Morgan fingerprint density at radius 2 is 1.72 bits per heavy atom. The lowest BCUT2D eigenvalue weighted by molar-refractivity contribution is 0.179. The highest BCUT2D eigenvalue weighted by atomic mass is 31.2. The summed E-state index contributed by atoms with van der Waals surface area (Å²) in [4.78, 5) is 10.8. The number of hydrogen-bond acceptors (Lipinski definition) is 3. The van der Waals surface area contributed by atoms with Crippen molar-refractivity contribution in [1.82, 2.24) is 0 Å². The van der Waals surface area contributed by atoms with Crippen LogP contribution in [0.3, 0.4) is 0 Å². The molecule has 1 N–H and O–H groups in total. The van der Waals surface area contributed by atoms with E-state index >= 15 is 0 Å².